The van der Waals surface area contributed by atoms with Gasteiger partial charge in [0, 0.05) is 24.7 Å². The average molecular weight is 262 g/mol. The zero-order valence-corrected chi connectivity index (χ0v) is 12.5. The van der Waals surface area contributed by atoms with Crippen LogP contribution in [-0.4, -0.2) is 30.6 Å². The molecule has 0 aliphatic carbocycles. The van der Waals surface area contributed by atoms with E-state index < -0.39 is 0 Å². The Bertz CT molecular complexity index is 402. The van der Waals surface area contributed by atoms with Crippen LogP contribution in [0, 0.1) is 5.92 Å². The van der Waals surface area contributed by atoms with Crippen LogP contribution in [0.1, 0.15) is 38.8 Å². The van der Waals surface area contributed by atoms with Crippen LogP contribution in [-0.2, 0) is 0 Å². The summed E-state index contributed by atoms with van der Waals surface area (Å²) < 4.78 is 5.23. The predicted molar refractivity (Wildman–Crippen MR) is 79.3 cm³/mol. The van der Waals surface area contributed by atoms with Crippen molar-refractivity contribution >= 4 is 0 Å². The zero-order valence-electron chi connectivity index (χ0n) is 12.5. The van der Waals surface area contributed by atoms with E-state index in [1.807, 2.05) is 12.1 Å². The van der Waals surface area contributed by atoms with E-state index >= 15 is 0 Å². The Balaban J connectivity index is 2.24. The number of methoxy groups -OCH3 is 1. The molecule has 1 fully saturated rings. The van der Waals surface area contributed by atoms with Gasteiger partial charge in [-0.25, -0.2) is 0 Å². The largest absolute Gasteiger partial charge is 0.497 e. The van der Waals surface area contributed by atoms with E-state index in [1.165, 1.54) is 12.0 Å². The fourth-order valence-electron chi connectivity index (χ4n) is 3.32. The van der Waals surface area contributed by atoms with Crippen LogP contribution in [0.5, 0.6) is 5.75 Å². The molecule has 0 bridgehead atoms. The lowest BCUT2D eigenvalue weighted by atomic mass is 9.98. The molecule has 1 aliphatic rings. The van der Waals surface area contributed by atoms with E-state index in [2.05, 4.69) is 37.8 Å². The molecule has 1 aromatic rings. The maximum atomic E-state index is 6.25. The second-order valence-electron chi connectivity index (χ2n) is 5.96. The quantitative estimate of drug-likeness (QED) is 0.907. The molecular formula is C16H26N2O. The third kappa shape index (κ3) is 3.10. The molecule has 0 amide bonds. The van der Waals surface area contributed by atoms with Crippen LogP contribution in [0.4, 0.5) is 0 Å². The molecule has 19 heavy (non-hydrogen) atoms. The number of hydrogen-bond acceptors (Lipinski definition) is 3. The van der Waals surface area contributed by atoms with Gasteiger partial charge in [0.2, 0.25) is 0 Å². The third-order valence-corrected chi connectivity index (χ3v) is 4.14. The maximum Gasteiger partial charge on any atom is 0.118 e. The number of nitrogens with zero attached hydrogens (tertiary/aromatic N) is 1. The van der Waals surface area contributed by atoms with Gasteiger partial charge in [0.25, 0.3) is 0 Å². The number of hydrogen-bond donors (Lipinski definition) is 1. The topological polar surface area (TPSA) is 38.5 Å². The fourth-order valence-corrected chi connectivity index (χ4v) is 3.32. The van der Waals surface area contributed by atoms with Gasteiger partial charge in [0.05, 0.1) is 7.11 Å². The minimum absolute atomic E-state index is 0.126. The average Bonchev–Trinajstić information content (AvgIpc) is 2.69. The highest BCUT2D eigenvalue weighted by atomic mass is 16.5. The molecule has 3 nitrogen and oxygen atoms in total. The lowest BCUT2D eigenvalue weighted by Crippen LogP contribution is -2.41. The van der Waals surface area contributed by atoms with Gasteiger partial charge in [0.1, 0.15) is 5.75 Å². The second-order valence-corrected chi connectivity index (χ2v) is 5.96. The molecule has 1 saturated heterocycles. The van der Waals surface area contributed by atoms with Gasteiger partial charge in [-0.1, -0.05) is 19.1 Å². The van der Waals surface area contributed by atoms with Crippen LogP contribution in [0.2, 0.25) is 0 Å². The Hall–Kier alpha value is -1.06. The molecule has 3 heteroatoms. The number of likely N-dealkylation sites (tertiary alicyclic amines) is 1. The van der Waals surface area contributed by atoms with Crippen molar-refractivity contribution < 1.29 is 4.74 Å². The summed E-state index contributed by atoms with van der Waals surface area (Å²) in [6, 6.07) is 9.36. The van der Waals surface area contributed by atoms with Crippen molar-refractivity contribution in [3.05, 3.63) is 29.8 Å². The van der Waals surface area contributed by atoms with Crippen molar-refractivity contribution in [2.45, 2.75) is 45.3 Å². The summed E-state index contributed by atoms with van der Waals surface area (Å²) in [4.78, 5) is 2.55. The lowest BCUT2D eigenvalue weighted by molar-refractivity contribution is 0.167. The Labute approximate surface area is 116 Å². The monoisotopic (exact) mass is 262 g/mol. The van der Waals surface area contributed by atoms with E-state index in [1.54, 1.807) is 7.11 Å². The highest BCUT2D eigenvalue weighted by Gasteiger charge is 2.34. The Morgan fingerprint density at radius 2 is 1.89 bits per heavy atom. The van der Waals surface area contributed by atoms with Gasteiger partial charge in [0.15, 0.2) is 0 Å². The zero-order chi connectivity index (χ0) is 14.0. The van der Waals surface area contributed by atoms with Crippen LogP contribution in [0.15, 0.2) is 24.3 Å². The molecule has 2 N–H and O–H groups in total. The Kier molecular flexibility index (Phi) is 4.48. The molecule has 0 aromatic heterocycles. The number of benzene rings is 1. The number of rotatable bonds is 4. The van der Waals surface area contributed by atoms with Gasteiger partial charge in [-0.2, -0.15) is 0 Å². The summed E-state index contributed by atoms with van der Waals surface area (Å²) in [5.74, 6) is 1.66. The Morgan fingerprint density at radius 3 is 2.32 bits per heavy atom. The van der Waals surface area contributed by atoms with Crippen LogP contribution in [0.25, 0.3) is 0 Å². The smallest absolute Gasteiger partial charge is 0.118 e. The minimum atomic E-state index is 0.126. The third-order valence-electron chi connectivity index (χ3n) is 4.14. The van der Waals surface area contributed by atoms with E-state index in [0.717, 1.165) is 18.2 Å². The van der Waals surface area contributed by atoms with E-state index in [-0.39, 0.29) is 6.04 Å². The molecule has 4 unspecified atom stereocenters. The van der Waals surface area contributed by atoms with Gasteiger partial charge < -0.3 is 10.5 Å². The van der Waals surface area contributed by atoms with Crippen molar-refractivity contribution in [1.29, 1.82) is 0 Å². The standard InChI is InChI=1S/C16H26N2O/c1-11-9-12(2)18(10-11)16(13(3)17)14-5-7-15(19-4)8-6-14/h5-8,11-13,16H,9-10,17H2,1-4H3. The van der Waals surface area contributed by atoms with Crippen LogP contribution < -0.4 is 10.5 Å². The molecule has 0 spiro atoms. The molecule has 0 saturated carbocycles. The van der Waals surface area contributed by atoms with Gasteiger partial charge in [-0.3, -0.25) is 4.90 Å². The van der Waals surface area contributed by atoms with Crippen molar-refractivity contribution in [3.8, 4) is 5.75 Å². The minimum Gasteiger partial charge on any atom is -0.497 e. The van der Waals surface area contributed by atoms with Crippen molar-refractivity contribution in [2.24, 2.45) is 11.7 Å². The summed E-state index contributed by atoms with van der Waals surface area (Å²) in [7, 11) is 1.70. The SMILES string of the molecule is COc1ccc(C(C(C)N)N2CC(C)CC2C)cc1. The van der Waals surface area contributed by atoms with Crippen molar-refractivity contribution in [2.75, 3.05) is 13.7 Å². The first-order valence-electron chi connectivity index (χ1n) is 7.18. The lowest BCUT2D eigenvalue weighted by Gasteiger charge is -2.34. The van der Waals surface area contributed by atoms with Crippen molar-refractivity contribution in [1.82, 2.24) is 4.90 Å². The molecule has 0 radical (unpaired) electrons. The van der Waals surface area contributed by atoms with Crippen molar-refractivity contribution in [3.63, 3.8) is 0 Å². The van der Waals surface area contributed by atoms with E-state index in [4.69, 9.17) is 10.5 Å². The Morgan fingerprint density at radius 1 is 1.26 bits per heavy atom. The summed E-state index contributed by atoms with van der Waals surface area (Å²) in [6.07, 6.45) is 1.26. The molecule has 106 valence electrons. The first kappa shape index (κ1) is 14.4. The highest BCUT2D eigenvalue weighted by molar-refractivity contribution is 5.30. The molecule has 1 aliphatic heterocycles. The summed E-state index contributed by atoms with van der Waals surface area (Å²) in [5, 5.41) is 0. The predicted octanol–water partition coefficient (Wildman–Crippen LogP) is 2.81. The van der Waals surface area contributed by atoms with Gasteiger partial charge in [-0.05, 0) is 43.9 Å². The molecule has 2 rings (SSSR count). The summed E-state index contributed by atoms with van der Waals surface area (Å²) >= 11 is 0. The number of ether oxygens (including phenoxy) is 1. The molecule has 1 heterocycles. The van der Waals surface area contributed by atoms with Gasteiger partial charge in [-0.15, -0.1) is 0 Å². The molecule has 4 atom stereocenters. The second kappa shape index (κ2) is 5.93. The van der Waals surface area contributed by atoms with Crippen LogP contribution in [0.3, 0.4) is 0 Å². The molecule has 1 aromatic carbocycles. The maximum absolute atomic E-state index is 6.25. The first-order chi connectivity index (χ1) is 9.02. The van der Waals surface area contributed by atoms with E-state index in [9.17, 15) is 0 Å². The van der Waals surface area contributed by atoms with E-state index in [0.29, 0.717) is 12.1 Å². The number of nitrogens with two attached hydrogens (primary N) is 1. The summed E-state index contributed by atoms with van der Waals surface area (Å²) in [6.45, 7) is 7.87. The molecular weight excluding hydrogens is 236 g/mol. The highest BCUT2D eigenvalue weighted by Crippen LogP contribution is 2.34. The summed E-state index contributed by atoms with van der Waals surface area (Å²) in [5.41, 5.74) is 7.54. The van der Waals surface area contributed by atoms with Gasteiger partial charge >= 0.3 is 0 Å². The van der Waals surface area contributed by atoms with Crippen LogP contribution >= 0.6 is 0 Å². The normalized spacial score (nSPS) is 27.2. The fraction of sp³-hybridized carbons (Fsp3) is 0.625. The first-order valence-corrected chi connectivity index (χ1v) is 7.18.